The molecule has 10 heteroatoms. The first-order valence-corrected chi connectivity index (χ1v) is 12.6. The molecule has 5 rings (SSSR count). The highest BCUT2D eigenvalue weighted by atomic mass is 79.9. The van der Waals surface area contributed by atoms with E-state index in [4.69, 9.17) is 0 Å². The van der Waals surface area contributed by atoms with Gasteiger partial charge >= 0.3 is 5.69 Å². The van der Waals surface area contributed by atoms with Crippen molar-refractivity contribution in [3.63, 3.8) is 0 Å². The topological polar surface area (TPSA) is 116 Å². The van der Waals surface area contributed by atoms with E-state index in [0.29, 0.717) is 0 Å². The zero-order valence-electron chi connectivity index (χ0n) is 20.3. The molecule has 0 bridgehead atoms. The third-order valence-electron chi connectivity index (χ3n) is 6.01. The molecule has 1 aromatic heterocycles. The lowest BCUT2D eigenvalue weighted by Gasteiger charge is -2.15. The molecule has 0 saturated carbocycles. The van der Waals surface area contributed by atoms with Crippen molar-refractivity contribution in [3.05, 3.63) is 139 Å². The summed E-state index contributed by atoms with van der Waals surface area (Å²) in [7, 11) is 0. The van der Waals surface area contributed by atoms with E-state index in [1.54, 1.807) is 6.21 Å². The number of halogens is 1. The third kappa shape index (κ3) is 5.46. The molecule has 0 aliphatic heterocycles. The number of rotatable bonds is 8. The van der Waals surface area contributed by atoms with Gasteiger partial charge in [0.05, 0.1) is 33.5 Å². The number of nitro benzene ring substituents is 2. The van der Waals surface area contributed by atoms with E-state index in [0.717, 1.165) is 44.3 Å². The summed E-state index contributed by atoms with van der Waals surface area (Å²) in [5.74, 6) is 0. The Morgan fingerprint density at radius 3 is 2.03 bits per heavy atom. The molecule has 0 spiro atoms. The van der Waals surface area contributed by atoms with Crippen molar-refractivity contribution in [2.45, 2.75) is 0 Å². The standard InChI is InChI=1S/C29H20BrN5O4/c30-23-11-13-24(14-12-23)33-27(20-7-3-1-4-8-20)17-22(29(33)21-9-5-2-6-10-21)19-31-32-26-16-15-25(34(36)37)18-28(26)35(38)39/h1-19,32H/b31-19+. The van der Waals surface area contributed by atoms with Gasteiger partial charge in [0.2, 0.25) is 0 Å². The first-order valence-electron chi connectivity index (χ1n) is 11.8. The molecule has 0 fully saturated rings. The van der Waals surface area contributed by atoms with Gasteiger partial charge in [0, 0.05) is 21.8 Å². The van der Waals surface area contributed by atoms with Gasteiger partial charge in [-0.1, -0.05) is 76.6 Å². The zero-order chi connectivity index (χ0) is 27.4. The van der Waals surface area contributed by atoms with Gasteiger partial charge in [0.15, 0.2) is 0 Å². The van der Waals surface area contributed by atoms with E-state index < -0.39 is 15.5 Å². The molecule has 0 aliphatic carbocycles. The highest BCUT2D eigenvalue weighted by Gasteiger charge is 2.21. The molecule has 1 heterocycles. The average Bonchev–Trinajstić information content (AvgIpc) is 3.33. The first kappa shape index (κ1) is 25.6. The van der Waals surface area contributed by atoms with Gasteiger partial charge in [-0.05, 0) is 47.5 Å². The maximum absolute atomic E-state index is 11.5. The minimum Gasteiger partial charge on any atom is -0.309 e. The monoisotopic (exact) mass is 581 g/mol. The Kier molecular flexibility index (Phi) is 7.28. The number of hydrazone groups is 1. The van der Waals surface area contributed by atoms with E-state index in [9.17, 15) is 20.2 Å². The van der Waals surface area contributed by atoms with Crippen molar-refractivity contribution in [2.24, 2.45) is 5.10 Å². The van der Waals surface area contributed by atoms with E-state index in [2.05, 4.69) is 31.0 Å². The lowest BCUT2D eigenvalue weighted by Crippen LogP contribution is -2.01. The van der Waals surface area contributed by atoms with Gasteiger partial charge in [-0.2, -0.15) is 5.10 Å². The quantitative estimate of drug-likeness (QED) is 0.114. The maximum Gasteiger partial charge on any atom is 0.301 e. The molecule has 39 heavy (non-hydrogen) atoms. The van der Waals surface area contributed by atoms with Crippen LogP contribution >= 0.6 is 15.9 Å². The summed E-state index contributed by atoms with van der Waals surface area (Å²) in [6.07, 6.45) is 1.59. The Labute approximate surface area is 231 Å². The molecule has 0 unspecified atom stereocenters. The second kappa shape index (κ2) is 11.1. The number of nitrogens with zero attached hydrogens (tertiary/aromatic N) is 4. The fourth-order valence-electron chi connectivity index (χ4n) is 4.25. The Morgan fingerprint density at radius 1 is 0.769 bits per heavy atom. The second-order valence-electron chi connectivity index (χ2n) is 8.46. The average molecular weight is 582 g/mol. The number of benzene rings is 4. The minimum atomic E-state index is -0.683. The molecular weight excluding hydrogens is 562 g/mol. The molecule has 0 radical (unpaired) electrons. The first-order chi connectivity index (χ1) is 18.9. The van der Waals surface area contributed by atoms with E-state index in [1.807, 2.05) is 91.0 Å². The molecule has 9 nitrogen and oxygen atoms in total. The number of hydrogen-bond acceptors (Lipinski definition) is 6. The normalized spacial score (nSPS) is 11.0. The molecule has 1 N–H and O–H groups in total. The highest BCUT2D eigenvalue weighted by Crippen LogP contribution is 2.36. The number of anilines is 1. The van der Waals surface area contributed by atoms with Crippen LogP contribution in [-0.2, 0) is 0 Å². The fraction of sp³-hybridized carbons (Fsp3) is 0. The second-order valence-corrected chi connectivity index (χ2v) is 9.38. The lowest BCUT2D eigenvalue weighted by atomic mass is 10.1. The fourth-order valence-corrected chi connectivity index (χ4v) is 4.51. The van der Waals surface area contributed by atoms with Crippen molar-refractivity contribution in [3.8, 4) is 28.2 Å². The number of nitro groups is 2. The Bertz CT molecular complexity index is 1680. The molecule has 0 atom stereocenters. The van der Waals surface area contributed by atoms with E-state index in [-0.39, 0.29) is 11.4 Å². The predicted molar refractivity (Wildman–Crippen MR) is 155 cm³/mol. The van der Waals surface area contributed by atoms with Crippen LogP contribution in [0.15, 0.2) is 119 Å². The molecule has 192 valence electrons. The molecule has 0 aliphatic rings. The van der Waals surface area contributed by atoms with Crippen molar-refractivity contribution < 1.29 is 9.85 Å². The van der Waals surface area contributed by atoms with Gasteiger partial charge in [-0.25, -0.2) is 0 Å². The van der Waals surface area contributed by atoms with Crippen LogP contribution in [0.2, 0.25) is 0 Å². The van der Waals surface area contributed by atoms with Crippen molar-refractivity contribution in [1.29, 1.82) is 0 Å². The van der Waals surface area contributed by atoms with E-state index >= 15 is 0 Å². The van der Waals surface area contributed by atoms with Crippen LogP contribution in [0.4, 0.5) is 17.1 Å². The number of hydrogen-bond donors (Lipinski definition) is 1. The predicted octanol–water partition coefficient (Wildman–Crippen LogP) is 7.84. The number of nitrogens with one attached hydrogen (secondary N) is 1. The zero-order valence-corrected chi connectivity index (χ0v) is 21.9. The van der Waals surface area contributed by atoms with Crippen LogP contribution < -0.4 is 5.43 Å². The summed E-state index contributed by atoms with van der Waals surface area (Å²) in [6, 6.07) is 33.2. The summed E-state index contributed by atoms with van der Waals surface area (Å²) in [5, 5.41) is 26.9. The van der Waals surface area contributed by atoms with Crippen LogP contribution in [-0.4, -0.2) is 20.6 Å². The van der Waals surface area contributed by atoms with Crippen LogP contribution in [0.3, 0.4) is 0 Å². The van der Waals surface area contributed by atoms with Gasteiger partial charge in [-0.3, -0.25) is 25.7 Å². The largest absolute Gasteiger partial charge is 0.309 e. The summed E-state index contributed by atoms with van der Waals surface area (Å²) in [6.45, 7) is 0. The van der Waals surface area contributed by atoms with Gasteiger partial charge in [-0.15, -0.1) is 0 Å². The Hall–Kier alpha value is -5.09. The van der Waals surface area contributed by atoms with Gasteiger partial charge in [0.1, 0.15) is 5.69 Å². The van der Waals surface area contributed by atoms with Gasteiger partial charge < -0.3 is 4.57 Å². The summed E-state index contributed by atoms with van der Waals surface area (Å²) in [5.41, 5.74) is 7.37. The van der Waals surface area contributed by atoms with Crippen LogP contribution in [0, 0.1) is 20.2 Å². The summed E-state index contributed by atoms with van der Waals surface area (Å²) < 4.78 is 3.10. The highest BCUT2D eigenvalue weighted by molar-refractivity contribution is 9.10. The summed E-state index contributed by atoms with van der Waals surface area (Å²) >= 11 is 3.51. The minimum absolute atomic E-state index is 0.0405. The van der Waals surface area contributed by atoms with Crippen molar-refractivity contribution in [2.75, 3.05) is 5.43 Å². The van der Waals surface area contributed by atoms with Crippen molar-refractivity contribution in [1.82, 2.24) is 4.57 Å². The summed E-state index contributed by atoms with van der Waals surface area (Å²) in [4.78, 5) is 21.3. The smallest absolute Gasteiger partial charge is 0.301 e. The van der Waals surface area contributed by atoms with Crippen LogP contribution in [0.25, 0.3) is 28.2 Å². The Morgan fingerprint density at radius 2 is 1.41 bits per heavy atom. The van der Waals surface area contributed by atoms with Crippen LogP contribution in [0.5, 0.6) is 0 Å². The molecule has 5 aromatic rings. The third-order valence-corrected chi connectivity index (χ3v) is 6.54. The maximum atomic E-state index is 11.5. The molecule has 0 saturated heterocycles. The van der Waals surface area contributed by atoms with Crippen molar-refractivity contribution >= 4 is 39.2 Å². The van der Waals surface area contributed by atoms with Crippen LogP contribution in [0.1, 0.15) is 5.56 Å². The molecular formula is C29H20BrN5O4. The van der Waals surface area contributed by atoms with Gasteiger partial charge in [0.25, 0.3) is 5.69 Å². The SMILES string of the molecule is O=[N+]([O-])c1ccc(N/N=C/c2cc(-c3ccccc3)n(-c3ccc(Br)cc3)c2-c2ccccc2)c([N+](=O)[O-])c1. The van der Waals surface area contributed by atoms with E-state index in [1.165, 1.54) is 12.1 Å². The number of non-ortho nitro benzene ring substituents is 1. The molecule has 4 aromatic carbocycles. The lowest BCUT2D eigenvalue weighted by molar-refractivity contribution is -0.393. The molecule has 0 amide bonds. The Balaban J connectivity index is 1.65. The number of aromatic nitrogens is 1.